The number of nitrogens with one attached hydrogen (secondary N) is 1. The smallest absolute Gasteiger partial charge is 0.228 e. The van der Waals surface area contributed by atoms with Gasteiger partial charge in [0.1, 0.15) is 5.82 Å². The number of benzene rings is 2. The average Bonchev–Trinajstić information content (AvgIpc) is 2.44. The van der Waals surface area contributed by atoms with E-state index in [1.165, 1.54) is 6.07 Å². The summed E-state index contributed by atoms with van der Waals surface area (Å²) in [4.78, 5) is 11.9. The summed E-state index contributed by atoms with van der Waals surface area (Å²) in [6.07, 6.45) is -0.0184. The number of hydrogen-bond acceptors (Lipinski definition) is 2. The normalized spacial score (nSPS) is 10.3. The van der Waals surface area contributed by atoms with E-state index in [0.29, 0.717) is 11.3 Å². The molecule has 2 N–H and O–H groups in total. The monoisotopic (exact) mass is 273 g/mol. The molecule has 3 nitrogen and oxygen atoms in total. The minimum Gasteiger partial charge on any atom is -0.392 e. The number of carbonyl (C=O) groups is 1. The van der Waals surface area contributed by atoms with Crippen LogP contribution in [0, 0.1) is 12.7 Å². The molecule has 4 heteroatoms. The highest BCUT2D eigenvalue weighted by Gasteiger charge is 2.09. The van der Waals surface area contributed by atoms with Gasteiger partial charge in [-0.25, -0.2) is 4.39 Å². The molecular weight excluding hydrogens is 257 g/mol. The lowest BCUT2D eigenvalue weighted by Crippen LogP contribution is -2.16. The lowest BCUT2D eigenvalue weighted by molar-refractivity contribution is -0.115. The molecule has 20 heavy (non-hydrogen) atoms. The fourth-order valence-corrected chi connectivity index (χ4v) is 1.91. The number of amides is 1. The zero-order valence-electron chi connectivity index (χ0n) is 11.2. The Kier molecular flexibility index (Phi) is 4.48. The third-order valence-electron chi connectivity index (χ3n) is 3.07. The largest absolute Gasteiger partial charge is 0.392 e. The molecule has 1 amide bonds. The summed E-state index contributed by atoms with van der Waals surface area (Å²) in [5, 5.41) is 11.8. The van der Waals surface area contributed by atoms with Crippen LogP contribution in [0.1, 0.15) is 16.7 Å². The van der Waals surface area contributed by atoms with E-state index in [1.807, 2.05) is 13.0 Å². The van der Waals surface area contributed by atoms with Gasteiger partial charge in [-0.3, -0.25) is 4.79 Å². The van der Waals surface area contributed by atoms with E-state index in [4.69, 9.17) is 5.11 Å². The fraction of sp³-hybridized carbons (Fsp3) is 0.188. The molecule has 0 radical (unpaired) electrons. The third-order valence-corrected chi connectivity index (χ3v) is 3.07. The Morgan fingerprint density at radius 1 is 1.25 bits per heavy atom. The van der Waals surface area contributed by atoms with E-state index in [1.54, 1.807) is 30.3 Å². The summed E-state index contributed by atoms with van der Waals surface area (Å²) < 4.78 is 13.5. The molecule has 104 valence electrons. The Labute approximate surface area is 117 Å². The van der Waals surface area contributed by atoms with E-state index in [0.717, 1.165) is 11.1 Å². The van der Waals surface area contributed by atoms with Gasteiger partial charge < -0.3 is 10.4 Å². The Bertz CT molecular complexity index is 626. The van der Waals surface area contributed by atoms with Gasteiger partial charge in [-0.2, -0.15) is 0 Å². The number of rotatable bonds is 4. The van der Waals surface area contributed by atoms with E-state index in [2.05, 4.69) is 5.32 Å². The van der Waals surface area contributed by atoms with Gasteiger partial charge in [-0.15, -0.1) is 0 Å². The molecule has 0 spiro atoms. The van der Waals surface area contributed by atoms with Crippen LogP contribution in [0.2, 0.25) is 0 Å². The Hall–Kier alpha value is -2.20. The minimum atomic E-state index is -0.386. The van der Waals surface area contributed by atoms with Gasteiger partial charge >= 0.3 is 0 Å². The van der Waals surface area contributed by atoms with Crippen molar-refractivity contribution in [1.82, 2.24) is 0 Å². The average molecular weight is 273 g/mol. The predicted octanol–water partition coefficient (Wildman–Crippen LogP) is 2.81. The molecule has 0 heterocycles. The van der Waals surface area contributed by atoms with Crippen molar-refractivity contribution in [3.05, 3.63) is 65.0 Å². The van der Waals surface area contributed by atoms with Gasteiger partial charge in [-0.05, 0) is 35.7 Å². The Morgan fingerprint density at radius 2 is 2.00 bits per heavy atom. The van der Waals surface area contributed by atoms with Crippen LogP contribution in [0.4, 0.5) is 10.1 Å². The van der Waals surface area contributed by atoms with Crippen LogP contribution in [-0.2, 0) is 17.8 Å². The highest BCUT2D eigenvalue weighted by Crippen LogP contribution is 2.17. The van der Waals surface area contributed by atoms with Gasteiger partial charge in [0.05, 0.1) is 13.0 Å². The van der Waals surface area contributed by atoms with Crippen molar-refractivity contribution in [2.75, 3.05) is 5.32 Å². The van der Waals surface area contributed by atoms with Crippen LogP contribution >= 0.6 is 0 Å². The van der Waals surface area contributed by atoms with Crippen molar-refractivity contribution in [3.8, 4) is 0 Å². The van der Waals surface area contributed by atoms with E-state index >= 15 is 0 Å². The third kappa shape index (κ3) is 3.42. The molecule has 0 aliphatic carbocycles. The molecule has 2 aromatic rings. The molecule has 0 aliphatic heterocycles. The summed E-state index contributed by atoms with van der Waals surface area (Å²) in [6, 6.07) is 11.5. The van der Waals surface area contributed by atoms with Crippen LogP contribution in [0.25, 0.3) is 0 Å². The summed E-state index contributed by atoms with van der Waals surface area (Å²) in [5.74, 6) is -0.670. The topological polar surface area (TPSA) is 49.3 Å². The van der Waals surface area contributed by atoms with Gasteiger partial charge in [0.15, 0.2) is 0 Å². The van der Waals surface area contributed by atoms with Crippen LogP contribution in [0.3, 0.4) is 0 Å². The first-order valence-corrected chi connectivity index (χ1v) is 6.34. The number of carbonyl (C=O) groups excluding carboxylic acids is 1. The Balaban J connectivity index is 2.10. The second-order valence-electron chi connectivity index (χ2n) is 4.62. The molecule has 0 bridgehead atoms. The highest BCUT2D eigenvalue weighted by atomic mass is 19.1. The summed E-state index contributed by atoms with van der Waals surface area (Å²) in [5.41, 5.74) is 2.61. The molecule has 0 saturated heterocycles. The first-order valence-electron chi connectivity index (χ1n) is 6.34. The van der Waals surface area contributed by atoms with Crippen molar-refractivity contribution >= 4 is 11.6 Å². The van der Waals surface area contributed by atoms with Crippen LogP contribution < -0.4 is 5.32 Å². The number of anilines is 1. The molecule has 2 rings (SSSR count). The van der Waals surface area contributed by atoms with Crippen molar-refractivity contribution < 1.29 is 14.3 Å². The number of aliphatic hydroxyl groups excluding tert-OH is 1. The van der Waals surface area contributed by atoms with Crippen molar-refractivity contribution in [1.29, 1.82) is 0 Å². The van der Waals surface area contributed by atoms with Crippen LogP contribution in [0.15, 0.2) is 42.5 Å². The molecular formula is C16H16FNO2. The SMILES string of the molecule is Cc1ccc(CO)cc1NC(=O)Cc1ccccc1F. The maximum atomic E-state index is 13.5. The predicted molar refractivity (Wildman–Crippen MR) is 75.8 cm³/mol. The second kappa shape index (κ2) is 6.30. The zero-order chi connectivity index (χ0) is 14.5. The highest BCUT2D eigenvalue weighted by molar-refractivity contribution is 5.93. The van der Waals surface area contributed by atoms with E-state index in [-0.39, 0.29) is 24.8 Å². The Morgan fingerprint density at radius 3 is 2.70 bits per heavy atom. The van der Waals surface area contributed by atoms with Crippen LogP contribution in [-0.4, -0.2) is 11.0 Å². The zero-order valence-corrected chi connectivity index (χ0v) is 11.2. The lowest BCUT2D eigenvalue weighted by Gasteiger charge is -2.10. The van der Waals surface area contributed by atoms with Crippen molar-refractivity contribution in [3.63, 3.8) is 0 Å². The molecule has 0 saturated carbocycles. The quantitative estimate of drug-likeness (QED) is 0.900. The van der Waals surface area contributed by atoms with Gasteiger partial charge in [0.2, 0.25) is 5.91 Å². The second-order valence-corrected chi connectivity index (χ2v) is 4.62. The minimum absolute atomic E-state index is 0.0184. The van der Waals surface area contributed by atoms with Gasteiger partial charge in [0, 0.05) is 5.69 Å². The van der Waals surface area contributed by atoms with E-state index < -0.39 is 0 Å². The molecule has 2 aromatic carbocycles. The molecule has 0 atom stereocenters. The van der Waals surface area contributed by atoms with Gasteiger partial charge in [0.25, 0.3) is 0 Å². The first kappa shape index (κ1) is 14.2. The molecule has 0 aromatic heterocycles. The maximum absolute atomic E-state index is 13.5. The first-order chi connectivity index (χ1) is 9.60. The molecule has 0 unspecified atom stereocenters. The maximum Gasteiger partial charge on any atom is 0.228 e. The number of aryl methyl sites for hydroxylation is 1. The number of halogens is 1. The summed E-state index contributed by atoms with van der Waals surface area (Å²) >= 11 is 0. The van der Waals surface area contributed by atoms with Crippen molar-refractivity contribution in [2.45, 2.75) is 20.0 Å². The number of hydrogen-bond donors (Lipinski definition) is 2. The molecule has 0 fully saturated rings. The van der Waals surface area contributed by atoms with Crippen molar-refractivity contribution in [2.24, 2.45) is 0 Å². The fourth-order valence-electron chi connectivity index (χ4n) is 1.91. The van der Waals surface area contributed by atoms with Crippen LogP contribution in [0.5, 0.6) is 0 Å². The molecule has 0 aliphatic rings. The summed E-state index contributed by atoms with van der Waals surface area (Å²) in [7, 11) is 0. The number of aliphatic hydroxyl groups is 1. The lowest BCUT2D eigenvalue weighted by atomic mass is 10.1. The summed E-state index contributed by atoms with van der Waals surface area (Å²) in [6.45, 7) is 1.77. The standard InChI is InChI=1S/C16H16FNO2/c1-11-6-7-12(10-19)8-15(11)18-16(20)9-13-4-2-3-5-14(13)17/h2-8,19H,9-10H2,1H3,(H,18,20). The van der Waals surface area contributed by atoms with E-state index in [9.17, 15) is 9.18 Å². The van der Waals surface area contributed by atoms with Gasteiger partial charge in [-0.1, -0.05) is 30.3 Å².